The number of nitrogens with one attached hydrogen (secondary N) is 2. The van der Waals surface area contributed by atoms with Crippen LogP contribution in [0.15, 0.2) is 16.3 Å². The molecule has 21 heavy (non-hydrogen) atoms. The zero-order chi connectivity index (χ0) is 15.9. The lowest BCUT2D eigenvalue weighted by molar-refractivity contribution is 0.0967. The highest BCUT2D eigenvalue weighted by molar-refractivity contribution is 7.92. The number of sulfonamides is 1. The van der Waals surface area contributed by atoms with Crippen LogP contribution in [0.1, 0.15) is 23.0 Å². The highest BCUT2D eigenvalue weighted by atomic mass is 32.2. The largest absolute Gasteiger partial charge is 0.354 e. The average molecular weight is 352 g/mol. The van der Waals surface area contributed by atoms with Gasteiger partial charge >= 0.3 is 0 Å². The summed E-state index contributed by atoms with van der Waals surface area (Å²) in [4.78, 5) is 11.7. The van der Waals surface area contributed by atoms with Crippen molar-refractivity contribution in [1.82, 2.24) is 10.0 Å². The van der Waals surface area contributed by atoms with E-state index in [1.165, 1.54) is 18.5 Å². The van der Waals surface area contributed by atoms with Gasteiger partial charge in [0.15, 0.2) is 9.84 Å². The Kier molecular flexibility index (Phi) is 4.17. The Bertz CT molecular complexity index is 766. The molecule has 1 amide bonds. The molecule has 0 radical (unpaired) electrons. The number of carbonyl (C=O) groups excluding carboxylic acids is 1. The number of carbonyl (C=O) groups is 1. The first-order valence-corrected chi connectivity index (χ1v) is 10.3. The number of sulfone groups is 1. The van der Waals surface area contributed by atoms with Crippen LogP contribution in [0.2, 0.25) is 0 Å². The third-order valence-electron chi connectivity index (χ3n) is 3.22. The molecule has 2 rings (SSSR count). The highest BCUT2D eigenvalue weighted by Crippen LogP contribution is 2.26. The fourth-order valence-electron chi connectivity index (χ4n) is 2.18. The number of rotatable bonds is 4. The van der Waals surface area contributed by atoms with E-state index in [0.717, 1.165) is 11.3 Å². The summed E-state index contributed by atoms with van der Waals surface area (Å²) in [7, 11) is -5.61. The Morgan fingerprint density at radius 1 is 1.43 bits per heavy atom. The summed E-state index contributed by atoms with van der Waals surface area (Å²) in [6, 6.07) is 1.28. The van der Waals surface area contributed by atoms with E-state index < -0.39 is 25.4 Å². The molecule has 0 bridgehead atoms. The van der Waals surface area contributed by atoms with Crippen LogP contribution in [0, 0.1) is 0 Å². The van der Waals surface area contributed by atoms with E-state index in [-0.39, 0.29) is 33.6 Å². The summed E-state index contributed by atoms with van der Waals surface area (Å²) >= 11 is 1.02. The quantitative estimate of drug-likeness (QED) is 0.790. The molecular weight excluding hydrogens is 336 g/mol. The third-order valence-corrected chi connectivity index (χ3v) is 7.82. The third kappa shape index (κ3) is 3.62. The van der Waals surface area contributed by atoms with Crippen LogP contribution in [0.4, 0.5) is 0 Å². The standard InChI is InChI=1S/C11H16N2O5S3/c1-11(3-4-20(15,16)7-11)13-21(17,18)8-5-9(19-6-8)10(14)12-2/h5-6,13H,3-4,7H2,1-2H3,(H,12,14). The minimum absolute atomic E-state index is 0.0286. The van der Waals surface area contributed by atoms with Crippen molar-refractivity contribution in [3.05, 3.63) is 16.3 Å². The van der Waals surface area contributed by atoms with Crippen LogP contribution in [0.5, 0.6) is 0 Å². The number of thiophene rings is 1. The average Bonchev–Trinajstić information content (AvgIpc) is 2.93. The first-order valence-electron chi connectivity index (χ1n) is 6.12. The van der Waals surface area contributed by atoms with Gasteiger partial charge in [-0.05, 0) is 19.4 Å². The van der Waals surface area contributed by atoms with Crippen LogP contribution < -0.4 is 10.0 Å². The van der Waals surface area contributed by atoms with E-state index in [9.17, 15) is 21.6 Å². The molecule has 1 atom stereocenters. The molecule has 1 aromatic heterocycles. The molecule has 1 aromatic rings. The molecule has 1 aliphatic heterocycles. The Labute approximate surface area is 127 Å². The summed E-state index contributed by atoms with van der Waals surface area (Å²) in [5.74, 6) is -0.610. The van der Waals surface area contributed by atoms with Crippen LogP contribution in [-0.4, -0.2) is 46.8 Å². The maximum atomic E-state index is 12.3. The molecule has 0 aliphatic carbocycles. The highest BCUT2D eigenvalue weighted by Gasteiger charge is 2.41. The van der Waals surface area contributed by atoms with Gasteiger partial charge < -0.3 is 5.32 Å². The van der Waals surface area contributed by atoms with Gasteiger partial charge in [0.05, 0.1) is 21.3 Å². The van der Waals surface area contributed by atoms with E-state index in [2.05, 4.69) is 10.0 Å². The second-order valence-electron chi connectivity index (χ2n) is 5.23. The van der Waals surface area contributed by atoms with Crippen molar-refractivity contribution in [1.29, 1.82) is 0 Å². The summed E-state index contributed by atoms with van der Waals surface area (Å²) < 4.78 is 50.1. The molecule has 1 unspecified atom stereocenters. The van der Waals surface area contributed by atoms with E-state index in [1.807, 2.05) is 0 Å². The topological polar surface area (TPSA) is 109 Å². The molecule has 2 N–H and O–H groups in total. The molecule has 0 saturated carbocycles. The van der Waals surface area contributed by atoms with Gasteiger partial charge in [0.25, 0.3) is 5.91 Å². The Morgan fingerprint density at radius 2 is 2.10 bits per heavy atom. The maximum Gasteiger partial charge on any atom is 0.261 e. The van der Waals surface area contributed by atoms with E-state index >= 15 is 0 Å². The fraction of sp³-hybridized carbons (Fsp3) is 0.545. The predicted molar refractivity (Wildman–Crippen MR) is 79.7 cm³/mol. The minimum atomic E-state index is -3.86. The van der Waals surface area contributed by atoms with Crippen LogP contribution in [-0.2, 0) is 19.9 Å². The van der Waals surface area contributed by atoms with Crippen molar-refractivity contribution < 1.29 is 21.6 Å². The van der Waals surface area contributed by atoms with Gasteiger partial charge in [-0.1, -0.05) is 0 Å². The number of hydrogen-bond acceptors (Lipinski definition) is 6. The summed E-state index contributed by atoms with van der Waals surface area (Å²) in [5, 5.41) is 3.78. The first kappa shape index (κ1) is 16.4. The van der Waals surface area contributed by atoms with Gasteiger partial charge in [-0.15, -0.1) is 11.3 Å². The van der Waals surface area contributed by atoms with E-state index in [4.69, 9.17) is 0 Å². The maximum absolute atomic E-state index is 12.3. The smallest absolute Gasteiger partial charge is 0.261 e. The molecular formula is C11H16N2O5S3. The second kappa shape index (κ2) is 5.34. The molecule has 0 aromatic carbocycles. The molecule has 1 saturated heterocycles. The molecule has 2 heterocycles. The Balaban J connectivity index is 2.23. The van der Waals surface area contributed by atoms with Crippen LogP contribution in [0.3, 0.4) is 0 Å². The Hall–Kier alpha value is -0.970. The summed E-state index contributed by atoms with van der Waals surface area (Å²) in [5.41, 5.74) is -1.01. The van der Waals surface area contributed by atoms with Crippen molar-refractivity contribution in [3.63, 3.8) is 0 Å². The van der Waals surface area contributed by atoms with Gasteiger partial charge in [0.2, 0.25) is 10.0 Å². The molecule has 1 fully saturated rings. The predicted octanol–water partition coefficient (Wildman–Crippen LogP) is -0.0368. The van der Waals surface area contributed by atoms with E-state index in [1.54, 1.807) is 6.92 Å². The van der Waals surface area contributed by atoms with Gasteiger partial charge in [-0.25, -0.2) is 21.6 Å². The van der Waals surface area contributed by atoms with Crippen molar-refractivity contribution in [2.24, 2.45) is 0 Å². The summed E-state index contributed by atoms with van der Waals surface area (Å²) in [6.45, 7) is 1.57. The lowest BCUT2D eigenvalue weighted by Crippen LogP contribution is -2.46. The lowest BCUT2D eigenvalue weighted by Gasteiger charge is -2.23. The normalized spacial score (nSPS) is 24.9. The second-order valence-corrected chi connectivity index (χ2v) is 10.0. The van der Waals surface area contributed by atoms with Gasteiger partial charge in [-0.3, -0.25) is 4.79 Å². The van der Waals surface area contributed by atoms with Gasteiger partial charge in [0, 0.05) is 18.0 Å². The Morgan fingerprint density at radius 3 is 2.62 bits per heavy atom. The number of hydrogen-bond donors (Lipinski definition) is 2. The van der Waals surface area contributed by atoms with Crippen molar-refractivity contribution in [2.45, 2.75) is 23.8 Å². The SMILES string of the molecule is CNC(=O)c1cc(S(=O)(=O)NC2(C)CCS(=O)(=O)C2)cs1. The first-order chi connectivity index (χ1) is 9.57. The monoisotopic (exact) mass is 352 g/mol. The molecule has 1 aliphatic rings. The summed E-state index contributed by atoms with van der Waals surface area (Å²) in [6.07, 6.45) is 0.237. The van der Waals surface area contributed by atoms with Gasteiger partial charge in [0.1, 0.15) is 0 Å². The van der Waals surface area contributed by atoms with Crippen molar-refractivity contribution in [2.75, 3.05) is 18.6 Å². The molecule has 0 spiro atoms. The van der Waals surface area contributed by atoms with Crippen molar-refractivity contribution >= 4 is 37.1 Å². The zero-order valence-corrected chi connectivity index (χ0v) is 14.0. The zero-order valence-electron chi connectivity index (χ0n) is 11.5. The fourth-order valence-corrected chi connectivity index (χ4v) is 7.02. The number of amides is 1. The van der Waals surface area contributed by atoms with Crippen LogP contribution >= 0.6 is 11.3 Å². The minimum Gasteiger partial charge on any atom is -0.354 e. The van der Waals surface area contributed by atoms with Crippen LogP contribution in [0.25, 0.3) is 0 Å². The molecule has 118 valence electrons. The lowest BCUT2D eigenvalue weighted by atomic mass is 10.0. The van der Waals surface area contributed by atoms with Crippen molar-refractivity contribution in [3.8, 4) is 0 Å². The van der Waals surface area contributed by atoms with E-state index in [0.29, 0.717) is 0 Å². The molecule has 10 heteroatoms. The molecule has 7 nitrogen and oxygen atoms in total. The van der Waals surface area contributed by atoms with Gasteiger partial charge in [-0.2, -0.15) is 0 Å².